The molecule has 21 heavy (non-hydrogen) atoms. The molecule has 0 amide bonds. The molecule has 0 saturated carbocycles. The summed E-state index contributed by atoms with van der Waals surface area (Å²) < 4.78 is 12.9. The van der Waals surface area contributed by atoms with E-state index in [-0.39, 0.29) is 5.82 Å². The van der Waals surface area contributed by atoms with Gasteiger partial charge in [0.25, 0.3) is 0 Å². The van der Waals surface area contributed by atoms with Crippen molar-refractivity contribution >= 4 is 34.7 Å². The average molecular weight is 337 g/mol. The summed E-state index contributed by atoms with van der Waals surface area (Å²) >= 11 is 9.17. The van der Waals surface area contributed by atoms with Crippen LogP contribution < -0.4 is 0 Å². The van der Waals surface area contributed by atoms with Crippen molar-refractivity contribution in [2.24, 2.45) is 0 Å². The molecule has 106 valence electrons. The van der Waals surface area contributed by atoms with Crippen LogP contribution in [-0.4, -0.2) is 9.97 Å². The molecule has 2 nitrogen and oxygen atoms in total. The molecular weight excluding hydrogens is 327 g/mol. The largest absolute Gasteiger partial charge is 0.248 e. The number of thioether (sulfide) groups is 1. The minimum Gasteiger partial charge on any atom is -0.248 e. The second-order valence-corrected chi connectivity index (χ2v) is 6.46. The predicted octanol–water partition coefficient (Wildman–Crippen LogP) is 5.29. The molecule has 0 bridgehead atoms. The molecule has 0 atom stereocenters. The average Bonchev–Trinajstić information content (AvgIpc) is 2.96. The Morgan fingerprint density at radius 3 is 2.76 bits per heavy atom. The Bertz CT molecular complexity index is 743. The topological polar surface area (TPSA) is 25.8 Å². The third kappa shape index (κ3) is 3.61. The first-order chi connectivity index (χ1) is 10.2. The number of benzene rings is 1. The standard InChI is InChI=1S/C15H10ClFN2S2/c16-13-2-1-7-18-15(13)21-9-12-8-20-14(19-12)10-3-5-11(17)6-4-10/h1-8H,9H2. The molecule has 0 fully saturated rings. The van der Waals surface area contributed by atoms with Crippen molar-refractivity contribution in [2.75, 3.05) is 0 Å². The summed E-state index contributed by atoms with van der Waals surface area (Å²) in [7, 11) is 0. The molecule has 0 aliphatic heterocycles. The highest BCUT2D eigenvalue weighted by molar-refractivity contribution is 7.98. The number of hydrogen-bond donors (Lipinski definition) is 0. The van der Waals surface area contributed by atoms with E-state index < -0.39 is 0 Å². The van der Waals surface area contributed by atoms with E-state index in [2.05, 4.69) is 9.97 Å². The van der Waals surface area contributed by atoms with Crippen LogP contribution in [0.3, 0.4) is 0 Å². The lowest BCUT2D eigenvalue weighted by molar-refractivity contribution is 0.628. The monoisotopic (exact) mass is 336 g/mol. The minimum atomic E-state index is -0.240. The van der Waals surface area contributed by atoms with Gasteiger partial charge >= 0.3 is 0 Å². The van der Waals surface area contributed by atoms with Crippen LogP contribution in [0.25, 0.3) is 10.6 Å². The molecule has 0 spiro atoms. The van der Waals surface area contributed by atoms with E-state index in [9.17, 15) is 4.39 Å². The van der Waals surface area contributed by atoms with Gasteiger partial charge in [-0.3, -0.25) is 0 Å². The summed E-state index contributed by atoms with van der Waals surface area (Å²) in [6.07, 6.45) is 1.72. The molecule has 2 aromatic heterocycles. The Morgan fingerprint density at radius 1 is 1.19 bits per heavy atom. The molecule has 0 aliphatic carbocycles. The Hall–Kier alpha value is -1.43. The maximum atomic E-state index is 12.9. The maximum absolute atomic E-state index is 12.9. The van der Waals surface area contributed by atoms with Crippen LogP contribution >= 0.6 is 34.7 Å². The molecule has 0 saturated heterocycles. The highest BCUT2D eigenvalue weighted by atomic mass is 35.5. The molecule has 6 heteroatoms. The number of pyridine rings is 1. The van der Waals surface area contributed by atoms with Crippen LogP contribution in [0.2, 0.25) is 5.02 Å². The number of thiazole rings is 1. The van der Waals surface area contributed by atoms with Gasteiger partial charge in [-0.2, -0.15) is 0 Å². The summed E-state index contributed by atoms with van der Waals surface area (Å²) in [6.45, 7) is 0. The molecule has 2 heterocycles. The zero-order valence-corrected chi connectivity index (χ0v) is 13.2. The molecular formula is C15H10ClFN2S2. The Labute approximate surface area is 135 Å². The zero-order valence-electron chi connectivity index (χ0n) is 10.8. The first-order valence-corrected chi connectivity index (χ1v) is 8.40. The van der Waals surface area contributed by atoms with Gasteiger partial charge in [0.1, 0.15) is 15.9 Å². The van der Waals surface area contributed by atoms with Crippen LogP contribution in [0, 0.1) is 5.82 Å². The predicted molar refractivity (Wildman–Crippen MR) is 86.3 cm³/mol. The summed E-state index contributed by atoms with van der Waals surface area (Å²) in [6, 6.07) is 9.99. The second kappa shape index (κ2) is 6.56. The highest BCUT2D eigenvalue weighted by Crippen LogP contribution is 2.30. The third-order valence-electron chi connectivity index (χ3n) is 2.72. The van der Waals surface area contributed by atoms with Gasteiger partial charge in [0.05, 0.1) is 10.7 Å². The van der Waals surface area contributed by atoms with Crippen LogP contribution in [-0.2, 0) is 5.75 Å². The summed E-state index contributed by atoms with van der Waals surface area (Å²) in [5, 5.41) is 4.34. The van der Waals surface area contributed by atoms with Crippen LogP contribution in [0.5, 0.6) is 0 Å². The van der Waals surface area contributed by atoms with Gasteiger partial charge in [-0.25, -0.2) is 14.4 Å². The van der Waals surface area contributed by atoms with Crippen LogP contribution in [0.4, 0.5) is 4.39 Å². The minimum absolute atomic E-state index is 0.240. The fraction of sp³-hybridized carbons (Fsp3) is 0.0667. The number of hydrogen-bond acceptors (Lipinski definition) is 4. The molecule has 1 aromatic carbocycles. The van der Waals surface area contributed by atoms with Crippen molar-refractivity contribution in [3.05, 3.63) is 64.5 Å². The quantitative estimate of drug-likeness (QED) is 0.605. The van der Waals surface area contributed by atoms with Crippen molar-refractivity contribution in [3.8, 4) is 10.6 Å². The van der Waals surface area contributed by atoms with Gasteiger partial charge in [-0.15, -0.1) is 11.3 Å². The molecule has 0 radical (unpaired) electrons. The SMILES string of the molecule is Fc1ccc(-c2nc(CSc3ncccc3Cl)cs2)cc1. The van der Waals surface area contributed by atoms with E-state index >= 15 is 0 Å². The van der Waals surface area contributed by atoms with Gasteiger partial charge < -0.3 is 0 Å². The smallest absolute Gasteiger partial charge is 0.123 e. The first-order valence-electron chi connectivity index (χ1n) is 6.16. The second-order valence-electron chi connectivity index (χ2n) is 4.23. The lowest BCUT2D eigenvalue weighted by atomic mass is 10.2. The van der Waals surface area contributed by atoms with Crippen molar-refractivity contribution in [1.82, 2.24) is 9.97 Å². The molecule has 3 rings (SSSR count). The molecule has 0 N–H and O–H groups in total. The zero-order chi connectivity index (χ0) is 14.7. The van der Waals surface area contributed by atoms with E-state index in [1.54, 1.807) is 41.4 Å². The van der Waals surface area contributed by atoms with E-state index in [0.29, 0.717) is 10.8 Å². The number of nitrogens with zero attached hydrogens (tertiary/aromatic N) is 2. The van der Waals surface area contributed by atoms with E-state index in [0.717, 1.165) is 21.3 Å². The molecule has 0 unspecified atom stereocenters. The summed E-state index contributed by atoms with van der Waals surface area (Å²) in [5.74, 6) is 0.463. The van der Waals surface area contributed by atoms with Crippen molar-refractivity contribution in [3.63, 3.8) is 0 Å². The number of halogens is 2. The fourth-order valence-corrected chi connectivity index (χ4v) is 3.71. The van der Waals surface area contributed by atoms with E-state index in [4.69, 9.17) is 11.6 Å². The van der Waals surface area contributed by atoms with Gasteiger partial charge in [0.2, 0.25) is 0 Å². The van der Waals surface area contributed by atoms with Crippen LogP contribution in [0.15, 0.2) is 53.0 Å². The van der Waals surface area contributed by atoms with Gasteiger partial charge in [-0.05, 0) is 36.4 Å². The highest BCUT2D eigenvalue weighted by Gasteiger charge is 2.07. The summed E-state index contributed by atoms with van der Waals surface area (Å²) in [4.78, 5) is 8.79. The van der Waals surface area contributed by atoms with Crippen molar-refractivity contribution in [1.29, 1.82) is 0 Å². The van der Waals surface area contributed by atoms with Gasteiger partial charge in [-0.1, -0.05) is 23.4 Å². The van der Waals surface area contributed by atoms with Crippen LogP contribution in [0.1, 0.15) is 5.69 Å². The number of rotatable bonds is 4. The third-order valence-corrected chi connectivity index (χ3v) is 5.12. The van der Waals surface area contributed by atoms with Gasteiger partial charge in [0, 0.05) is 22.9 Å². The van der Waals surface area contributed by atoms with Crippen molar-refractivity contribution < 1.29 is 4.39 Å². The Kier molecular flexibility index (Phi) is 4.53. The Balaban J connectivity index is 1.71. The molecule has 3 aromatic rings. The Morgan fingerprint density at radius 2 is 2.00 bits per heavy atom. The first kappa shape index (κ1) is 14.5. The number of aromatic nitrogens is 2. The van der Waals surface area contributed by atoms with Crippen molar-refractivity contribution in [2.45, 2.75) is 10.8 Å². The maximum Gasteiger partial charge on any atom is 0.123 e. The van der Waals surface area contributed by atoms with E-state index in [1.807, 2.05) is 17.5 Å². The fourth-order valence-electron chi connectivity index (χ4n) is 1.72. The lowest BCUT2D eigenvalue weighted by Gasteiger charge is -2.00. The molecule has 0 aliphatic rings. The summed E-state index contributed by atoms with van der Waals surface area (Å²) in [5.41, 5.74) is 1.89. The van der Waals surface area contributed by atoms with E-state index in [1.165, 1.54) is 12.1 Å². The van der Waals surface area contributed by atoms with Gasteiger partial charge in [0.15, 0.2) is 0 Å². The lowest BCUT2D eigenvalue weighted by Crippen LogP contribution is -1.85. The normalized spacial score (nSPS) is 10.8.